The van der Waals surface area contributed by atoms with Crippen molar-refractivity contribution in [2.45, 2.75) is 39.2 Å². The zero-order valence-corrected chi connectivity index (χ0v) is 13.0. The molecule has 1 aromatic rings. The first-order chi connectivity index (χ1) is 9.44. The highest BCUT2D eigenvalue weighted by Crippen LogP contribution is 2.19. The molecule has 0 amide bonds. The molecule has 1 N–H and O–H groups in total. The minimum atomic E-state index is -0.318. The van der Waals surface area contributed by atoms with Crippen molar-refractivity contribution in [1.82, 2.24) is 10.3 Å². The van der Waals surface area contributed by atoms with Gasteiger partial charge in [0.1, 0.15) is 5.60 Å². The number of aromatic nitrogens is 1. The number of carbonyl (C=O) groups excluding carboxylic acids is 2. The summed E-state index contributed by atoms with van der Waals surface area (Å²) in [5.41, 5.74) is -0.318. The Balaban J connectivity index is 0.000000246. The quantitative estimate of drug-likeness (QED) is 0.685. The van der Waals surface area contributed by atoms with E-state index in [2.05, 4.69) is 15.0 Å². The molecular weight excluding hydrogens is 276 g/mol. The second-order valence-electron chi connectivity index (χ2n) is 5.55. The highest BCUT2D eigenvalue weighted by molar-refractivity contribution is 7.11. The molecule has 20 heavy (non-hydrogen) atoms. The van der Waals surface area contributed by atoms with Gasteiger partial charge in [-0.05, 0) is 46.7 Å². The fourth-order valence-corrected chi connectivity index (χ4v) is 2.40. The van der Waals surface area contributed by atoms with Gasteiger partial charge >= 0.3 is 0 Å². The lowest BCUT2D eigenvalue weighted by atomic mass is 9.94. The average Bonchev–Trinajstić information content (AvgIpc) is 2.92. The van der Waals surface area contributed by atoms with Crippen LogP contribution in [0.5, 0.6) is 0 Å². The van der Waals surface area contributed by atoms with Crippen molar-refractivity contribution < 1.29 is 14.3 Å². The Hall–Kier alpha value is -1.27. The van der Waals surface area contributed by atoms with Crippen LogP contribution >= 0.6 is 11.3 Å². The van der Waals surface area contributed by atoms with Crippen molar-refractivity contribution in [2.75, 3.05) is 13.1 Å². The number of hydrogen-bond acceptors (Lipinski definition) is 6. The first-order valence-corrected chi connectivity index (χ1v) is 7.58. The van der Waals surface area contributed by atoms with Gasteiger partial charge in [0.25, 0.3) is 6.47 Å². The van der Waals surface area contributed by atoms with E-state index in [9.17, 15) is 9.59 Å². The van der Waals surface area contributed by atoms with Crippen molar-refractivity contribution in [3.8, 4) is 0 Å². The fourth-order valence-electron chi connectivity index (χ4n) is 1.75. The molecule has 1 aromatic heterocycles. The Bertz CT molecular complexity index is 407. The highest BCUT2D eigenvalue weighted by Gasteiger charge is 2.23. The van der Waals surface area contributed by atoms with Gasteiger partial charge in [0, 0.05) is 17.5 Å². The topological polar surface area (TPSA) is 68.3 Å². The van der Waals surface area contributed by atoms with E-state index in [1.807, 2.05) is 26.2 Å². The van der Waals surface area contributed by atoms with E-state index in [-0.39, 0.29) is 17.3 Å². The number of thiazole rings is 1. The van der Waals surface area contributed by atoms with Gasteiger partial charge in [-0.2, -0.15) is 0 Å². The summed E-state index contributed by atoms with van der Waals surface area (Å²) in [7, 11) is 0. The van der Waals surface area contributed by atoms with Crippen LogP contribution in [0.1, 0.15) is 43.4 Å². The molecule has 1 aliphatic rings. The van der Waals surface area contributed by atoms with Crippen LogP contribution in [-0.2, 0) is 9.53 Å². The van der Waals surface area contributed by atoms with Crippen LogP contribution in [-0.4, -0.2) is 35.9 Å². The summed E-state index contributed by atoms with van der Waals surface area (Å²) in [5, 5.41) is 5.77. The van der Waals surface area contributed by atoms with Crippen molar-refractivity contribution in [3.63, 3.8) is 0 Å². The van der Waals surface area contributed by atoms with Crippen LogP contribution in [0.2, 0.25) is 0 Å². The number of carbonyl (C=O) groups is 2. The van der Waals surface area contributed by atoms with Crippen LogP contribution < -0.4 is 5.32 Å². The molecule has 0 aliphatic carbocycles. The molecule has 0 aromatic carbocycles. The van der Waals surface area contributed by atoms with Crippen LogP contribution in [0, 0.1) is 5.92 Å². The number of nitrogens with one attached hydrogen (secondary N) is 1. The molecule has 0 unspecified atom stereocenters. The first kappa shape index (κ1) is 16.8. The van der Waals surface area contributed by atoms with Gasteiger partial charge in [0.2, 0.25) is 0 Å². The van der Waals surface area contributed by atoms with Gasteiger partial charge in [-0.15, -0.1) is 11.3 Å². The van der Waals surface area contributed by atoms with Gasteiger partial charge in [-0.1, -0.05) is 0 Å². The van der Waals surface area contributed by atoms with Crippen molar-refractivity contribution >= 4 is 23.6 Å². The molecule has 0 atom stereocenters. The zero-order chi connectivity index (χ0) is 15.0. The zero-order valence-electron chi connectivity index (χ0n) is 12.2. The standard InChI is InChI=1S/C9H12N2OS.C5H10O2/c12-8(9-11-5-6-13-9)7-1-3-10-4-2-7;1-5(2,3)7-4-6/h5-7,10H,1-4H2;4H,1-3H3. The molecule has 0 saturated carbocycles. The molecule has 1 saturated heterocycles. The Morgan fingerprint density at radius 1 is 1.45 bits per heavy atom. The lowest BCUT2D eigenvalue weighted by Crippen LogP contribution is -2.31. The number of ether oxygens (including phenoxy) is 1. The lowest BCUT2D eigenvalue weighted by Gasteiger charge is -2.20. The van der Waals surface area contributed by atoms with E-state index >= 15 is 0 Å². The molecule has 0 radical (unpaired) electrons. The molecule has 0 spiro atoms. The maximum atomic E-state index is 11.8. The van der Waals surface area contributed by atoms with Crippen molar-refractivity contribution in [1.29, 1.82) is 0 Å². The number of hydrogen-bond donors (Lipinski definition) is 1. The van der Waals surface area contributed by atoms with Crippen LogP contribution in [0.15, 0.2) is 11.6 Å². The van der Waals surface area contributed by atoms with E-state index in [1.165, 1.54) is 11.3 Å². The number of nitrogens with zero attached hydrogens (tertiary/aromatic N) is 1. The van der Waals surface area contributed by atoms with Crippen molar-refractivity contribution in [2.24, 2.45) is 5.92 Å². The third-order valence-electron chi connectivity index (χ3n) is 2.75. The summed E-state index contributed by atoms with van der Waals surface area (Å²) >= 11 is 1.44. The molecule has 112 valence electrons. The smallest absolute Gasteiger partial charge is 0.293 e. The molecule has 0 bridgehead atoms. The maximum absolute atomic E-state index is 11.8. The Morgan fingerprint density at radius 3 is 2.50 bits per heavy atom. The molecule has 6 heteroatoms. The monoisotopic (exact) mass is 298 g/mol. The summed E-state index contributed by atoms with van der Waals surface area (Å²) < 4.78 is 4.55. The van der Waals surface area contributed by atoms with Crippen LogP contribution in [0.25, 0.3) is 0 Å². The number of ketones is 1. The van der Waals surface area contributed by atoms with E-state index in [4.69, 9.17) is 0 Å². The van der Waals surface area contributed by atoms with Gasteiger partial charge in [-0.3, -0.25) is 9.59 Å². The third-order valence-corrected chi connectivity index (χ3v) is 3.54. The Kier molecular flexibility index (Phi) is 6.81. The predicted molar refractivity (Wildman–Crippen MR) is 78.9 cm³/mol. The van der Waals surface area contributed by atoms with E-state index in [1.54, 1.807) is 6.20 Å². The van der Waals surface area contributed by atoms with E-state index in [0.717, 1.165) is 25.9 Å². The average molecular weight is 298 g/mol. The van der Waals surface area contributed by atoms with Crippen LogP contribution in [0.3, 0.4) is 0 Å². The van der Waals surface area contributed by atoms with E-state index < -0.39 is 0 Å². The second-order valence-corrected chi connectivity index (χ2v) is 6.45. The molecule has 1 aliphatic heterocycles. The predicted octanol–water partition coefficient (Wildman–Crippen LogP) is 2.28. The highest BCUT2D eigenvalue weighted by atomic mass is 32.1. The second kappa shape index (κ2) is 8.11. The normalized spacial score (nSPS) is 15.9. The summed E-state index contributed by atoms with van der Waals surface area (Å²) in [6.45, 7) is 7.84. The molecule has 1 fully saturated rings. The van der Waals surface area contributed by atoms with Crippen LogP contribution in [0.4, 0.5) is 0 Å². The maximum Gasteiger partial charge on any atom is 0.293 e. The summed E-state index contributed by atoms with van der Waals surface area (Å²) in [6.07, 6.45) is 3.61. The minimum Gasteiger partial charge on any atom is -0.462 e. The number of piperidine rings is 1. The SMILES string of the molecule is CC(C)(C)OC=O.O=C(c1nccs1)C1CCNCC1. The minimum absolute atomic E-state index is 0.201. The van der Waals surface area contributed by atoms with Gasteiger partial charge in [0.05, 0.1) is 0 Å². The Morgan fingerprint density at radius 2 is 2.10 bits per heavy atom. The summed E-state index contributed by atoms with van der Waals surface area (Å²) in [4.78, 5) is 25.4. The lowest BCUT2D eigenvalue weighted by molar-refractivity contribution is -0.138. The Labute approximate surface area is 123 Å². The van der Waals surface area contributed by atoms with Crippen molar-refractivity contribution in [3.05, 3.63) is 16.6 Å². The van der Waals surface area contributed by atoms with E-state index in [0.29, 0.717) is 11.5 Å². The largest absolute Gasteiger partial charge is 0.462 e. The number of Topliss-reactive ketones (excluding diaryl/α,β-unsaturated/α-hetero) is 1. The summed E-state index contributed by atoms with van der Waals surface area (Å²) in [5.74, 6) is 0.434. The van der Waals surface area contributed by atoms with Gasteiger partial charge in [-0.25, -0.2) is 4.98 Å². The molecule has 5 nitrogen and oxygen atoms in total. The third kappa shape index (κ3) is 6.25. The first-order valence-electron chi connectivity index (χ1n) is 6.70. The molecular formula is C14H22N2O3S. The summed E-state index contributed by atoms with van der Waals surface area (Å²) in [6, 6.07) is 0. The fraction of sp³-hybridized carbons (Fsp3) is 0.643. The molecule has 2 rings (SSSR count). The van der Waals surface area contributed by atoms with Gasteiger partial charge < -0.3 is 10.1 Å². The molecule has 2 heterocycles. The number of rotatable bonds is 3. The van der Waals surface area contributed by atoms with Gasteiger partial charge in [0.15, 0.2) is 10.8 Å².